The van der Waals surface area contributed by atoms with E-state index in [1.807, 2.05) is 0 Å². The number of anilines is 1. The van der Waals surface area contributed by atoms with Gasteiger partial charge in [-0.2, -0.15) is 8.78 Å². The molecule has 1 fully saturated rings. The van der Waals surface area contributed by atoms with E-state index in [4.69, 9.17) is 5.11 Å². The van der Waals surface area contributed by atoms with Crippen LogP contribution in [0.4, 0.5) is 14.6 Å². The van der Waals surface area contributed by atoms with Gasteiger partial charge in [-0.05, 0) is 0 Å². The minimum Gasteiger partial charge on any atom is -0.481 e. The van der Waals surface area contributed by atoms with Gasteiger partial charge in [-0.3, -0.25) is 4.79 Å². The Morgan fingerprint density at radius 2 is 2.12 bits per heavy atom. The number of hydrogen-bond acceptors (Lipinski definition) is 5. The summed E-state index contributed by atoms with van der Waals surface area (Å²) in [6.45, 7) is -2.55. The number of carbonyl (C=O) groups is 1. The minimum atomic E-state index is -2.98. The lowest BCUT2D eigenvalue weighted by Gasteiger charge is -2.37. The molecule has 1 N–H and O–H groups in total. The number of alkyl halides is 2. The molecule has 0 saturated carbocycles. The summed E-state index contributed by atoms with van der Waals surface area (Å²) in [7, 11) is 0. The van der Waals surface area contributed by atoms with Crippen molar-refractivity contribution < 1.29 is 23.4 Å². The molecule has 0 aromatic carbocycles. The number of aromatic nitrogens is 2. The number of carboxylic acid groups (broad SMARTS) is 1. The number of rotatable bonds is 4. The van der Waals surface area contributed by atoms with Crippen molar-refractivity contribution in [2.24, 2.45) is 5.92 Å². The Morgan fingerprint density at radius 3 is 2.71 bits per heavy atom. The molecule has 8 heteroatoms. The van der Waals surface area contributed by atoms with Gasteiger partial charge in [0.05, 0.1) is 5.92 Å². The van der Waals surface area contributed by atoms with Gasteiger partial charge >= 0.3 is 12.6 Å². The Kier molecular flexibility index (Phi) is 3.03. The Bertz CT molecular complexity index is 424. The SMILES string of the molecule is O=C(O)C1CN(c2nccnc2OC(F)F)C1. The number of halogens is 2. The van der Waals surface area contributed by atoms with E-state index in [1.54, 1.807) is 0 Å². The molecule has 1 aromatic heterocycles. The lowest BCUT2D eigenvalue weighted by atomic mass is 10.0. The number of carboxylic acids is 1. The minimum absolute atomic E-state index is 0.144. The first kappa shape index (κ1) is 11.5. The number of hydrogen-bond donors (Lipinski definition) is 1. The van der Waals surface area contributed by atoms with Crippen molar-refractivity contribution in [3.63, 3.8) is 0 Å². The van der Waals surface area contributed by atoms with Crippen LogP contribution in [0, 0.1) is 5.92 Å². The summed E-state index contributed by atoms with van der Waals surface area (Å²) in [6, 6.07) is 0. The molecule has 0 spiro atoms. The summed E-state index contributed by atoms with van der Waals surface area (Å²) < 4.78 is 28.4. The van der Waals surface area contributed by atoms with Gasteiger partial charge in [0.1, 0.15) is 0 Å². The third-order valence-electron chi connectivity index (χ3n) is 2.38. The van der Waals surface area contributed by atoms with E-state index >= 15 is 0 Å². The van der Waals surface area contributed by atoms with Gasteiger partial charge in [0.2, 0.25) is 0 Å². The van der Waals surface area contributed by atoms with Crippen molar-refractivity contribution in [1.82, 2.24) is 9.97 Å². The van der Waals surface area contributed by atoms with Gasteiger partial charge < -0.3 is 14.7 Å². The van der Waals surface area contributed by atoms with Gasteiger partial charge in [-0.1, -0.05) is 0 Å². The first-order valence-corrected chi connectivity index (χ1v) is 4.81. The molecule has 6 nitrogen and oxygen atoms in total. The van der Waals surface area contributed by atoms with Crippen LogP contribution in [0.3, 0.4) is 0 Å². The smallest absolute Gasteiger partial charge is 0.388 e. The second-order valence-corrected chi connectivity index (χ2v) is 3.50. The molecule has 92 valence electrons. The molecule has 0 aliphatic carbocycles. The fraction of sp³-hybridized carbons (Fsp3) is 0.444. The second-order valence-electron chi connectivity index (χ2n) is 3.50. The van der Waals surface area contributed by atoms with E-state index in [0.717, 1.165) is 0 Å². The van der Waals surface area contributed by atoms with Crippen LogP contribution < -0.4 is 9.64 Å². The van der Waals surface area contributed by atoms with E-state index in [1.165, 1.54) is 17.3 Å². The Labute approximate surface area is 94.8 Å². The molecule has 1 aromatic rings. The largest absolute Gasteiger partial charge is 0.481 e. The lowest BCUT2D eigenvalue weighted by molar-refractivity contribution is -0.142. The first-order chi connectivity index (χ1) is 8.08. The van der Waals surface area contributed by atoms with E-state index < -0.39 is 18.5 Å². The monoisotopic (exact) mass is 245 g/mol. The fourth-order valence-electron chi connectivity index (χ4n) is 1.51. The predicted octanol–water partition coefficient (Wildman–Crippen LogP) is 0.599. The Hall–Kier alpha value is -1.99. The molecule has 0 radical (unpaired) electrons. The summed E-state index contributed by atoms with van der Waals surface area (Å²) in [6.07, 6.45) is 2.57. The van der Waals surface area contributed by atoms with Gasteiger partial charge in [0.15, 0.2) is 5.82 Å². The summed E-state index contributed by atoms with van der Waals surface area (Å²) in [5, 5.41) is 8.70. The van der Waals surface area contributed by atoms with Gasteiger partial charge in [0, 0.05) is 25.5 Å². The van der Waals surface area contributed by atoms with Crippen LogP contribution in [0.2, 0.25) is 0 Å². The highest BCUT2D eigenvalue weighted by molar-refractivity contribution is 5.74. The summed E-state index contributed by atoms with van der Waals surface area (Å²) in [5.74, 6) is -1.56. The normalized spacial score (nSPS) is 15.8. The molecule has 2 heterocycles. The summed E-state index contributed by atoms with van der Waals surface area (Å²) in [4.78, 5) is 19.6. The molecule has 1 saturated heterocycles. The first-order valence-electron chi connectivity index (χ1n) is 4.81. The zero-order valence-corrected chi connectivity index (χ0v) is 8.58. The van der Waals surface area contributed by atoms with E-state index in [9.17, 15) is 13.6 Å². The van der Waals surface area contributed by atoms with Crippen molar-refractivity contribution in [3.8, 4) is 5.88 Å². The maximum absolute atomic E-state index is 12.1. The third-order valence-corrected chi connectivity index (χ3v) is 2.38. The van der Waals surface area contributed by atoms with Crippen LogP contribution in [0.15, 0.2) is 12.4 Å². The maximum Gasteiger partial charge on any atom is 0.388 e. The number of nitrogens with zero attached hydrogens (tertiary/aromatic N) is 3. The predicted molar refractivity (Wildman–Crippen MR) is 52.0 cm³/mol. The van der Waals surface area contributed by atoms with Gasteiger partial charge in [-0.25, -0.2) is 9.97 Å². The van der Waals surface area contributed by atoms with Crippen molar-refractivity contribution in [2.75, 3.05) is 18.0 Å². The maximum atomic E-state index is 12.1. The van der Waals surface area contributed by atoms with Crippen molar-refractivity contribution in [3.05, 3.63) is 12.4 Å². The quantitative estimate of drug-likeness (QED) is 0.837. The second kappa shape index (κ2) is 4.48. The van der Waals surface area contributed by atoms with Gasteiger partial charge in [-0.15, -0.1) is 0 Å². The van der Waals surface area contributed by atoms with Crippen LogP contribution in [0.25, 0.3) is 0 Å². The highest BCUT2D eigenvalue weighted by Crippen LogP contribution is 2.30. The average Bonchev–Trinajstić information content (AvgIpc) is 2.16. The molecule has 0 unspecified atom stereocenters. The Balaban J connectivity index is 2.09. The van der Waals surface area contributed by atoms with Crippen LogP contribution in [-0.2, 0) is 4.79 Å². The molecular formula is C9H9F2N3O3. The molecular weight excluding hydrogens is 236 g/mol. The Morgan fingerprint density at radius 1 is 1.47 bits per heavy atom. The molecule has 1 aliphatic rings. The van der Waals surface area contributed by atoms with Crippen molar-refractivity contribution in [1.29, 1.82) is 0 Å². The number of ether oxygens (including phenoxy) is 1. The van der Waals surface area contributed by atoms with Crippen molar-refractivity contribution in [2.45, 2.75) is 6.61 Å². The molecule has 0 atom stereocenters. The molecule has 1 aliphatic heterocycles. The van der Waals surface area contributed by atoms with Crippen molar-refractivity contribution >= 4 is 11.8 Å². The van der Waals surface area contributed by atoms with Crippen LogP contribution in [0.5, 0.6) is 5.88 Å². The van der Waals surface area contributed by atoms with Crippen LogP contribution >= 0.6 is 0 Å². The van der Waals surface area contributed by atoms with E-state index in [2.05, 4.69) is 14.7 Å². The van der Waals surface area contributed by atoms with E-state index in [-0.39, 0.29) is 24.8 Å². The van der Waals surface area contributed by atoms with Crippen LogP contribution in [0.1, 0.15) is 0 Å². The zero-order chi connectivity index (χ0) is 12.4. The third kappa shape index (κ3) is 2.40. The zero-order valence-electron chi connectivity index (χ0n) is 8.58. The lowest BCUT2D eigenvalue weighted by Crippen LogP contribution is -2.51. The fourth-order valence-corrected chi connectivity index (χ4v) is 1.51. The highest BCUT2D eigenvalue weighted by Gasteiger charge is 2.35. The average molecular weight is 245 g/mol. The van der Waals surface area contributed by atoms with Crippen LogP contribution in [-0.4, -0.2) is 40.7 Å². The van der Waals surface area contributed by atoms with Gasteiger partial charge in [0.25, 0.3) is 5.88 Å². The molecule has 2 rings (SSSR count). The molecule has 17 heavy (non-hydrogen) atoms. The number of aliphatic carboxylic acids is 1. The molecule has 0 bridgehead atoms. The topological polar surface area (TPSA) is 75.5 Å². The summed E-state index contributed by atoms with van der Waals surface area (Å²) in [5.41, 5.74) is 0. The van der Waals surface area contributed by atoms with E-state index in [0.29, 0.717) is 0 Å². The summed E-state index contributed by atoms with van der Waals surface area (Å²) >= 11 is 0. The highest BCUT2D eigenvalue weighted by atomic mass is 19.3. The molecule has 0 amide bonds. The standard InChI is InChI=1S/C9H9F2N3O3/c10-9(11)17-7-6(12-1-2-13-7)14-3-5(4-14)8(15)16/h1-2,5,9H,3-4H2,(H,15,16).